The number of methoxy groups -OCH3 is 1. The SMILES string of the molecule is CCCCCC(Cc1ccc(OC(C)(C)c2sc(-c3ccc(C(F)(F)F)cc3)nc2C)cc1C)C(=O)OC. The summed E-state index contributed by atoms with van der Waals surface area (Å²) in [6.07, 6.45) is 0.230. The van der Waals surface area contributed by atoms with Gasteiger partial charge in [0, 0.05) is 5.56 Å². The van der Waals surface area contributed by atoms with E-state index in [1.807, 2.05) is 45.9 Å². The number of benzene rings is 2. The van der Waals surface area contributed by atoms with Crippen molar-refractivity contribution in [3.63, 3.8) is 0 Å². The summed E-state index contributed by atoms with van der Waals surface area (Å²) in [5, 5.41) is 0.645. The van der Waals surface area contributed by atoms with Gasteiger partial charge in [-0.1, -0.05) is 44.4 Å². The molecular formula is C30H36F3NO3S. The van der Waals surface area contributed by atoms with Gasteiger partial charge in [-0.05, 0) is 75.9 Å². The van der Waals surface area contributed by atoms with Crippen molar-refractivity contribution in [3.05, 3.63) is 69.7 Å². The van der Waals surface area contributed by atoms with Crippen molar-refractivity contribution in [2.24, 2.45) is 5.92 Å². The number of hydrogen-bond acceptors (Lipinski definition) is 5. The Hall–Kier alpha value is -2.87. The fourth-order valence-corrected chi connectivity index (χ4v) is 5.67. The van der Waals surface area contributed by atoms with Crippen LogP contribution in [-0.2, 0) is 27.7 Å². The lowest BCUT2D eigenvalue weighted by Crippen LogP contribution is -2.25. The number of nitrogens with zero attached hydrogens (tertiary/aromatic N) is 1. The third kappa shape index (κ3) is 7.37. The van der Waals surface area contributed by atoms with Gasteiger partial charge in [0.25, 0.3) is 0 Å². The number of rotatable bonds is 11. The summed E-state index contributed by atoms with van der Waals surface area (Å²) in [4.78, 5) is 17.8. The molecule has 1 unspecified atom stereocenters. The highest BCUT2D eigenvalue weighted by molar-refractivity contribution is 7.15. The first-order chi connectivity index (χ1) is 17.9. The summed E-state index contributed by atoms with van der Waals surface area (Å²) in [7, 11) is 1.44. The molecule has 0 fully saturated rings. The molecule has 0 aliphatic heterocycles. The van der Waals surface area contributed by atoms with Crippen molar-refractivity contribution in [3.8, 4) is 16.3 Å². The van der Waals surface area contributed by atoms with Gasteiger partial charge in [0.1, 0.15) is 16.4 Å². The highest BCUT2D eigenvalue weighted by Gasteiger charge is 2.31. The monoisotopic (exact) mass is 547 g/mol. The van der Waals surface area contributed by atoms with Gasteiger partial charge >= 0.3 is 12.1 Å². The number of carbonyl (C=O) groups excluding carboxylic acids is 1. The largest absolute Gasteiger partial charge is 0.482 e. The molecule has 3 rings (SSSR count). The summed E-state index contributed by atoms with van der Waals surface area (Å²) in [5.74, 6) is 0.351. The van der Waals surface area contributed by atoms with Crippen LogP contribution in [0.15, 0.2) is 42.5 Å². The van der Waals surface area contributed by atoms with E-state index in [-0.39, 0.29) is 11.9 Å². The molecule has 1 heterocycles. The minimum absolute atomic E-state index is 0.170. The Morgan fingerprint density at radius 1 is 1.05 bits per heavy atom. The van der Waals surface area contributed by atoms with E-state index in [1.54, 1.807) is 0 Å². The van der Waals surface area contributed by atoms with Gasteiger partial charge in [-0.25, -0.2) is 4.98 Å². The molecule has 1 atom stereocenters. The molecule has 1 aromatic heterocycles. The third-order valence-corrected chi connectivity index (χ3v) is 8.16. The van der Waals surface area contributed by atoms with Gasteiger partial charge in [-0.3, -0.25) is 4.79 Å². The van der Waals surface area contributed by atoms with E-state index < -0.39 is 17.3 Å². The van der Waals surface area contributed by atoms with Gasteiger partial charge < -0.3 is 9.47 Å². The maximum Gasteiger partial charge on any atom is 0.416 e. The molecule has 0 aliphatic carbocycles. The number of aryl methyl sites for hydroxylation is 2. The van der Waals surface area contributed by atoms with Crippen molar-refractivity contribution in [1.29, 1.82) is 0 Å². The summed E-state index contributed by atoms with van der Waals surface area (Å²) in [5.41, 5.74) is 2.13. The first kappa shape index (κ1) is 29.7. The molecular weight excluding hydrogens is 511 g/mol. The molecule has 3 aromatic rings. The molecule has 206 valence electrons. The second-order valence-electron chi connectivity index (χ2n) is 10.1. The highest BCUT2D eigenvalue weighted by Crippen LogP contribution is 2.39. The van der Waals surface area contributed by atoms with Crippen molar-refractivity contribution < 1.29 is 27.4 Å². The van der Waals surface area contributed by atoms with E-state index >= 15 is 0 Å². The zero-order valence-corrected chi connectivity index (χ0v) is 23.7. The van der Waals surface area contributed by atoms with Gasteiger partial charge in [-0.15, -0.1) is 11.3 Å². The van der Waals surface area contributed by atoms with Gasteiger partial charge in [0.15, 0.2) is 0 Å². The predicted octanol–water partition coefficient (Wildman–Crippen LogP) is 8.67. The predicted molar refractivity (Wildman–Crippen MR) is 145 cm³/mol. The summed E-state index contributed by atoms with van der Waals surface area (Å²) < 4.78 is 50.2. The summed E-state index contributed by atoms with van der Waals surface area (Å²) >= 11 is 1.41. The zero-order chi connectivity index (χ0) is 28.1. The summed E-state index contributed by atoms with van der Waals surface area (Å²) in [6, 6.07) is 10.9. The lowest BCUT2D eigenvalue weighted by molar-refractivity contribution is -0.145. The van der Waals surface area contributed by atoms with E-state index in [1.165, 1.54) is 30.6 Å². The fraction of sp³-hybridized carbons (Fsp3) is 0.467. The molecule has 0 radical (unpaired) electrons. The first-order valence-electron chi connectivity index (χ1n) is 12.9. The molecule has 0 amide bonds. The zero-order valence-electron chi connectivity index (χ0n) is 22.9. The van der Waals surface area contributed by atoms with Crippen LogP contribution in [0.4, 0.5) is 13.2 Å². The molecule has 0 saturated heterocycles. The van der Waals surface area contributed by atoms with E-state index in [2.05, 4.69) is 11.9 Å². The second-order valence-corrected chi connectivity index (χ2v) is 11.1. The lowest BCUT2D eigenvalue weighted by atomic mass is 9.91. The van der Waals surface area contributed by atoms with Crippen LogP contribution in [-0.4, -0.2) is 18.1 Å². The molecule has 0 bridgehead atoms. The van der Waals surface area contributed by atoms with Gasteiger partial charge in [-0.2, -0.15) is 13.2 Å². The maximum atomic E-state index is 12.9. The highest BCUT2D eigenvalue weighted by atomic mass is 32.1. The fourth-order valence-electron chi connectivity index (χ4n) is 4.56. The standard InChI is InChI=1S/C30H36F3NO3S/c1-7-8-9-10-23(28(35)36-6)18-22-13-16-25(17-19(22)2)37-29(4,5)26-20(3)34-27(38-26)21-11-14-24(15-12-21)30(31,32)33/h11-17,23H,7-10,18H2,1-6H3. The smallest absolute Gasteiger partial charge is 0.416 e. The average Bonchev–Trinajstić information content (AvgIpc) is 3.26. The molecule has 0 saturated carbocycles. The van der Waals surface area contributed by atoms with Crippen molar-refractivity contribution >= 4 is 17.3 Å². The molecule has 0 N–H and O–H groups in total. The number of carbonyl (C=O) groups is 1. The first-order valence-corrected chi connectivity index (χ1v) is 13.7. The number of aromatic nitrogens is 1. The Morgan fingerprint density at radius 3 is 2.32 bits per heavy atom. The van der Waals surface area contributed by atoms with Crippen molar-refractivity contribution in [2.75, 3.05) is 7.11 Å². The Bertz CT molecular complexity index is 1230. The van der Waals surface area contributed by atoms with Crippen LogP contribution in [0.25, 0.3) is 10.6 Å². The van der Waals surface area contributed by atoms with Gasteiger partial charge in [0.05, 0.1) is 29.2 Å². The maximum absolute atomic E-state index is 12.9. The van der Waals surface area contributed by atoms with Crippen LogP contribution in [0.1, 0.15) is 73.7 Å². The van der Waals surface area contributed by atoms with Crippen LogP contribution >= 0.6 is 11.3 Å². The Kier molecular flexibility index (Phi) is 9.63. The minimum atomic E-state index is -4.37. The van der Waals surface area contributed by atoms with Crippen LogP contribution in [0.3, 0.4) is 0 Å². The Morgan fingerprint density at radius 2 is 1.74 bits per heavy atom. The quantitative estimate of drug-likeness (QED) is 0.178. The lowest BCUT2D eigenvalue weighted by Gasteiger charge is -2.26. The number of unbranched alkanes of at least 4 members (excludes halogenated alkanes) is 2. The molecule has 0 spiro atoms. The van der Waals surface area contributed by atoms with E-state index in [9.17, 15) is 18.0 Å². The normalized spacial score (nSPS) is 12.9. The number of esters is 1. The molecule has 38 heavy (non-hydrogen) atoms. The molecule has 4 nitrogen and oxygen atoms in total. The number of halogens is 3. The second kappa shape index (κ2) is 12.3. The number of ether oxygens (including phenoxy) is 2. The molecule has 0 aliphatic rings. The van der Waals surface area contributed by atoms with Crippen LogP contribution in [0.2, 0.25) is 0 Å². The van der Waals surface area contributed by atoms with E-state index in [4.69, 9.17) is 9.47 Å². The number of thiazole rings is 1. The third-order valence-electron chi connectivity index (χ3n) is 6.65. The topological polar surface area (TPSA) is 48.4 Å². The van der Waals surface area contributed by atoms with Crippen molar-refractivity contribution in [2.45, 2.75) is 78.5 Å². The van der Waals surface area contributed by atoms with E-state index in [0.717, 1.165) is 59.5 Å². The van der Waals surface area contributed by atoms with Crippen LogP contribution in [0.5, 0.6) is 5.75 Å². The molecule has 8 heteroatoms. The molecule has 2 aromatic carbocycles. The average molecular weight is 548 g/mol. The Labute approximate surface area is 227 Å². The summed E-state index contributed by atoms with van der Waals surface area (Å²) in [6.45, 7) is 9.93. The number of alkyl halides is 3. The van der Waals surface area contributed by atoms with Crippen LogP contribution in [0, 0.1) is 19.8 Å². The Balaban J connectivity index is 1.76. The van der Waals surface area contributed by atoms with Crippen LogP contribution < -0.4 is 4.74 Å². The van der Waals surface area contributed by atoms with Crippen molar-refractivity contribution in [1.82, 2.24) is 4.98 Å². The van der Waals surface area contributed by atoms with Gasteiger partial charge in [0.2, 0.25) is 0 Å². The number of hydrogen-bond donors (Lipinski definition) is 0. The minimum Gasteiger partial charge on any atom is -0.482 e. The van der Waals surface area contributed by atoms with E-state index in [0.29, 0.717) is 22.7 Å².